The molecule has 0 aliphatic rings. The van der Waals surface area contributed by atoms with Gasteiger partial charge in [0.2, 0.25) is 0 Å². The molecular weight excluding hydrogens is 260 g/mol. The van der Waals surface area contributed by atoms with Crippen molar-refractivity contribution in [2.24, 2.45) is 0 Å². The summed E-state index contributed by atoms with van der Waals surface area (Å²) in [4.78, 5) is 10.9. The fourth-order valence-corrected chi connectivity index (χ4v) is 2.35. The Morgan fingerprint density at radius 2 is 2.05 bits per heavy atom. The Balaban J connectivity index is 2.33. The fourth-order valence-electron chi connectivity index (χ4n) is 1.85. The molecule has 0 aromatic heterocycles. The number of hydrogen-bond acceptors (Lipinski definition) is 4. The van der Waals surface area contributed by atoms with Crippen LogP contribution in [-0.4, -0.2) is 29.6 Å². The molecule has 0 bridgehead atoms. The molecule has 0 saturated carbocycles. The number of thioether (sulfide) groups is 1. The van der Waals surface area contributed by atoms with Gasteiger partial charge in [-0.15, -0.1) is 0 Å². The van der Waals surface area contributed by atoms with Gasteiger partial charge >= 0.3 is 5.97 Å². The first-order chi connectivity index (χ1) is 9.16. The van der Waals surface area contributed by atoms with E-state index in [0.717, 1.165) is 13.0 Å². The number of carboxylic acids is 1. The van der Waals surface area contributed by atoms with E-state index in [9.17, 15) is 4.79 Å². The van der Waals surface area contributed by atoms with Gasteiger partial charge in [0.15, 0.2) is 0 Å². The topological polar surface area (TPSA) is 75.3 Å². The smallest absolute Gasteiger partial charge is 0.337 e. The summed E-state index contributed by atoms with van der Waals surface area (Å²) in [7, 11) is 0. The van der Waals surface area contributed by atoms with Gasteiger partial charge in [0.05, 0.1) is 16.9 Å². The highest BCUT2D eigenvalue weighted by Crippen LogP contribution is 2.22. The van der Waals surface area contributed by atoms with E-state index >= 15 is 0 Å². The molecule has 1 aromatic rings. The summed E-state index contributed by atoms with van der Waals surface area (Å²) in [5.74, 6) is 0.235. The highest BCUT2D eigenvalue weighted by atomic mass is 32.2. The van der Waals surface area contributed by atoms with Gasteiger partial charge in [0.25, 0.3) is 0 Å². The summed E-state index contributed by atoms with van der Waals surface area (Å²) in [6.07, 6.45) is 6.89. The molecule has 4 N–H and O–H groups in total. The summed E-state index contributed by atoms with van der Waals surface area (Å²) in [5.41, 5.74) is 7.01. The molecule has 106 valence electrons. The van der Waals surface area contributed by atoms with Gasteiger partial charge in [-0.1, -0.05) is 18.9 Å². The lowest BCUT2D eigenvalue weighted by Gasteiger charge is -2.11. The van der Waals surface area contributed by atoms with E-state index in [1.54, 1.807) is 6.07 Å². The number of para-hydroxylation sites is 1. The number of carbonyl (C=O) groups is 1. The third kappa shape index (κ3) is 5.42. The quantitative estimate of drug-likeness (QED) is 0.478. The number of nitrogens with one attached hydrogen (secondary N) is 1. The second-order valence-electron chi connectivity index (χ2n) is 4.41. The Labute approximate surface area is 118 Å². The SMILES string of the molecule is CSCCCCCCNc1cccc(C(=O)O)c1N. The van der Waals surface area contributed by atoms with Gasteiger partial charge in [0.1, 0.15) is 0 Å². The van der Waals surface area contributed by atoms with Gasteiger partial charge in [-0.05, 0) is 37.0 Å². The Bertz CT molecular complexity index is 410. The van der Waals surface area contributed by atoms with Crippen LogP contribution in [0.2, 0.25) is 0 Å². The van der Waals surface area contributed by atoms with Gasteiger partial charge in [-0.3, -0.25) is 0 Å². The molecule has 19 heavy (non-hydrogen) atoms. The first kappa shape index (κ1) is 15.7. The van der Waals surface area contributed by atoms with Crippen LogP contribution in [-0.2, 0) is 0 Å². The largest absolute Gasteiger partial charge is 0.478 e. The van der Waals surface area contributed by atoms with Crippen LogP contribution in [0.15, 0.2) is 18.2 Å². The molecule has 0 saturated heterocycles. The standard InChI is InChI=1S/C14H22N2O2S/c1-19-10-5-3-2-4-9-16-12-8-6-7-11(13(12)15)14(17)18/h6-8,16H,2-5,9-10,15H2,1H3,(H,17,18). The number of carboxylic acid groups (broad SMARTS) is 1. The van der Waals surface area contributed by atoms with E-state index in [1.807, 2.05) is 17.8 Å². The van der Waals surface area contributed by atoms with Crippen LogP contribution in [0.1, 0.15) is 36.0 Å². The maximum Gasteiger partial charge on any atom is 0.337 e. The maximum absolute atomic E-state index is 10.9. The van der Waals surface area contributed by atoms with Crippen molar-refractivity contribution >= 4 is 29.1 Å². The van der Waals surface area contributed by atoms with Crippen LogP contribution in [0.5, 0.6) is 0 Å². The molecular formula is C14H22N2O2S. The Hall–Kier alpha value is -1.36. The lowest BCUT2D eigenvalue weighted by atomic mass is 10.1. The zero-order chi connectivity index (χ0) is 14.1. The number of nitrogens with two attached hydrogens (primary N) is 1. The summed E-state index contributed by atoms with van der Waals surface area (Å²) in [6, 6.07) is 5.04. The average Bonchev–Trinajstić information content (AvgIpc) is 2.39. The van der Waals surface area contributed by atoms with Crippen molar-refractivity contribution < 1.29 is 9.90 Å². The zero-order valence-corrected chi connectivity index (χ0v) is 12.1. The van der Waals surface area contributed by atoms with Gasteiger partial charge < -0.3 is 16.2 Å². The van der Waals surface area contributed by atoms with E-state index in [0.29, 0.717) is 11.4 Å². The monoisotopic (exact) mass is 282 g/mol. The minimum atomic E-state index is -0.988. The predicted molar refractivity (Wildman–Crippen MR) is 83.2 cm³/mol. The number of nitrogen functional groups attached to an aromatic ring is 1. The number of hydrogen-bond donors (Lipinski definition) is 3. The first-order valence-electron chi connectivity index (χ1n) is 6.51. The summed E-state index contributed by atoms with van der Waals surface area (Å²) >= 11 is 1.88. The van der Waals surface area contributed by atoms with Crippen molar-refractivity contribution in [2.45, 2.75) is 25.7 Å². The molecule has 0 aliphatic carbocycles. The van der Waals surface area contributed by atoms with Crippen molar-refractivity contribution in [3.8, 4) is 0 Å². The highest BCUT2D eigenvalue weighted by Gasteiger charge is 2.10. The number of aromatic carboxylic acids is 1. The van der Waals surface area contributed by atoms with Gasteiger partial charge in [0, 0.05) is 6.54 Å². The van der Waals surface area contributed by atoms with E-state index < -0.39 is 5.97 Å². The fraction of sp³-hybridized carbons (Fsp3) is 0.500. The van der Waals surface area contributed by atoms with E-state index in [4.69, 9.17) is 10.8 Å². The Morgan fingerprint density at radius 3 is 2.74 bits per heavy atom. The van der Waals surface area contributed by atoms with Crippen molar-refractivity contribution in [3.05, 3.63) is 23.8 Å². The van der Waals surface area contributed by atoms with Crippen molar-refractivity contribution in [1.29, 1.82) is 0 Å². The molecule has 0 amide bonds. The minimum Gasteiger partial charge on any atom is -0.478 e. The maximum atomic E-state index is 10.9. The van der Waals surface area contributed by atoms with Crippen LogP contribution in [0, 0.1) is 0 Å². The van der Waals surface area contributed by atoms with Crippen LogP contribution in [0.4, 0.5) is 11.4 Å². The molecule has 0 unspecified atom stereocenters. The summed E-state index contributed by atoms with van der Waals surface area (Å²) in [5, 5.41) is 12.2. The number of benzene rings is 1. The van der Waals surface area contributed by atoms with Gasteiger partial charge in [-0.2, -0.15) is 11.8 Å². The van der Waals surface area contributed by atoms with Crippen LogP contribution in [0.25, 0.3) is 0 Å². The lowest BCUT2D eigenvalue weighted by Crippen LogP contribution is -2.08. The van der Waals surface area contributed by atoms with Crippen LogP contribution < -0.4 is 11.1 Å². The molecule has 0 aliphatic heterocycles. The molecule has 5 heteroatoms. The van der Waals surface area contributed by atoms with Gasteiger partial charge in [-0.25, -0.2) is 4.79 Å². The number of rotatable bonds is 9. The Kier molecular flexibility index (Phi) is 7.18. The average molecular weight is 282 g/mol. The minimum absolute atomic E-state index is 0.157. The second-order valence-corrected chi connectivity index (χ2v) is 5.39. The van der Waals surface area contributed by atoms with E-state index in [2.05, 4.69) is 11.6 Å². The molecule has 0 heterocycles. The highest BCUT2D eigenvalue weighted by molar-refractivity contribution is 7.98. The zero-order valence-electron chi connectivity index (χ0n) is 11.3. The molecule has 0 spiro atoms. The Morgan fingerprint density at radius 1 is 1.32 bits per heavy atom. The molecule has 0 radical (unpaired) electrons. The molecule has 1 aromatic carbocycles. The normalized spacial score (nSPS) is 10.4. The van der Waals surface area contributed by atoms with Crippen molar-refractivity contribution in [1.82, 2.24) is 0 Å². The van der Waals surface area contributed by atoms with Crippen molar-refractivity contribution in [2.75, 3.05) is 29.6 Å². The lowest BCUT2D eigenvalue weighted by molar-refractivity contribution is 0.0698. The second kappa shape index (κ2) is 8.69. The molecule has 1 rings (SSSR count). The number of anilines is 2. The third-order valence-corrected chi connectivity index (χ3v) is 3.62. The van der Waals surface area contributed by atoms with Crippen molar-refractivity contribution in [3.63, 3.8) is 0 Å². The predicted octanol–water partition coefficient (Wildman–Crippen LogP) is 3.30. The molecule has 4 nitrogen and oxygen atoms in total. The van der Waals surface area contributed by atoms with Crippen LogP contribution >= 0.6 is 11.8 Å². The first-order valence-corrected chi connectivity index (χ1v) is 7.90. The summed E-state index contributed by atoms with van der Waals surface area (Å²) in [6.45, 7) is 0.826. The molecule has 0 atom stereocenters. The van der Waals surface area contributed by atoms with E-state index in [-0.39, 0.29) is 5.56 Å². The molecule has 0 fully saturated rings. The summed E-state index contributed by atoms with van der Waals surface area (Å²) < 4.78 is 0. The van der Waals surface area contributed by atoms with E-state index in [1.165, 1.54) is 31.1 Å². The number of unbranched alkanes of at least 4 members (excludes halogenated alkanes) is 3. The van der Waals surface area contributed by atoms with Crippen LogP contribution in [0.3, 0.4) is 0 Å². The third-order valence-electron chi connectivity index (χ3n) is 2.93.